The van der Waals surface area contributed by atoms with Gasteiger partial charge in [-0.3, -0.25) is 4.79 Å². The molecule has 0 amide bonds. The zero-order valence-corrected chi connectivity index (χ0v) is 11.1. The van der Waals surface area contributed by atoms with Crippen LogP contribution < -0.4 is 4.72 Å². The predicted octanol–water partition coefficient (Wildman–Crippen LogP) is 0.435. The summed E-state index contributed by atoms with van der Waals surface area (Å²) in [4.78, 5) is 14.2. The fraction of sp³-hybridized carbons (Fsp3) is 0.600. The summed E-state index contributed by atoms with van der Waals surface area (Å²) in [5, 5.41) is 8.47. The molecule has 0 aliphatic heterocycles. The van der Waals surface area contributed by atoms with E-state index in [1.807, 2.05) is 6.92 Å². The topological polar surface area (TPSA) is 101 Å². The molecule has 0 bridgehead atoms. The molecule has 2 N–H and O–H groups in total. The molecule has 1 heterocycles. The Morgan fingerprint density at radius 1 is 1.61 bits per heavy atom. The van der Waals surface area contributed by atoms with E-state index in [1.165, 1.54) is 12.5 Å². The number of hydrogen-bond acceptors (Lipinski definition) is 4. The fourth-order valence-electron chi connectivity index (χ4n) is 1.38. The summed E-state index contributed by atoms with van der Waals surface area (Å²) in [5.74, 6) is -0.948. The molecular weight excluding hydrogens is 258 g/mol. The van der Waals surface area contributed by atoms with Crippen molar-refractivity contribution in [3.05, 3.63) is 12.5 Å². The molecule has 1 unspecified atom stereocenters. The quantitative estimate of drug-likeness (QED) is 0.751. The van der Waals surface area contributed by atoms with Crippen LogP contribution in [0.1, 0.15) is 26.7 Å². The second-order valence-corrected chi connectivity index (χ2v) is 5.66. The molecule has 1 aromatic heterocycles. The number of aromatic nitrogens is 2. The van der Waals surface area contributed by atoms with E-state index in [0.717, 1.165) is 0 Å². The molecule has 0 saturated carbocycles. The zero-order chi connectivity index (χ0) is 13.8. The third-order valence-electron chi connectivity index (χ3n) is 2.40. The van der Waals surface area contributed by atoms with Gasteiger partial charge in [0.25, 0.3) is 10.0 Å². The Labute approximate surface area is 106 Å². The molecule has 0 aliphatic carbocycles. The first-order valence-electron chi connectivity index (χ1n) is 5.61. The molecule has 0 aliphatic rings. The number of imidazole rings is 1. The van der Waals surface area contributed by atoms with Gasteiger partial charge in [-0.05, 0) is 20.3 Å². The van der Waals surface area contributed by atoms with Crippen LogP contribution in [0.2, 0.25) is 0 Å². The molecule has 1 aromatic rings. The highest BCUT2D eigenvalue weighted by Gasteiger charge is 2.20. The van der Waals surface area contributed by atoms with Gasteiger partial charge in [-0.25, -0.2) is 18.1 Å². The minimum atomic E-state index is -3.67. The van der Waals surface area contributed by atoms with E-state index in [9.17, 15) is 13.2 Å². The number of sulfonamides is 1. The number of carbonyl (C=O) groups is 1. The monoisotopic (exact) mass is 275 g/mol. The van der Waals surface area contributed by atoms with E-state index in [2.05, 4.69) is 9.71 Å². The third kappa shape index (κ3) is 4.11. The maximum absolute atomic E-state index is 11.9. The number of aliphatic carboxylic acids is 1. The molecule has 0 fully saturated rings. The van der Waals surface area contributed by atoms with Crippen molar-refractivity contribution in [2.75, 3.05) is 0 Å². The largest absolute Gasteiger partial charge is 0.481 e. The Morgan fingerprint density at radius 3 is 2.78 bits per heavy atom. The molecule has 102 valence electrons. The first-order chi connectivity index (χ1) is 8.35. The third-order valence-corrected chi connectivity index (χ3v) is 3.87. The average molecular weight is 275 g/mol. The van der Waals surface area contributed by atoms with Crippen LogP contribution in [-0.2, 0) is 21.4 Å². The highest BCUT2D eigenvalue weighted by atomic mass is 32.2. The van der Waals surface area contributed by atoms with Crippen LogP contribution in [0.4, 0.5) is 0 Å². The lowest BCUT2D eigenvalue weighted by Crippen LogP contribution is -2.33. The minimum Gasteiger partial charge on any atom is -0.481 e. The van der Waals surface area contributed by atoms with Crippen molar-refractivity contribution in [2.24, 2.45) is 0 Å². The highest BCUT2D eigenvalue weighted by Crippen LogP contribution is 2.07. The van der Waals surface area contributed by atoms with E-state index in [1.54, 1.807) is 11.5 Å². The number of carboxylic acids is 1. The first-order valence-corrected chi connectivity index (χ1v) is 7.09. The predicted molar refractivity (Wildman–Crippen MR) is 64.6 cm³/mol. The first kappa shape index (κ1) is 14.7. The van der Waals surface area contributed by atoms with Crippen LogP contribution >= 0.6 is 0 Å². The Kier molecular flexibility index (Phi) is 4.85. The van der Waals surface area contributed by atoms with Gasteiger partial charge in [0.1, 0.15) is 0 Å². The number of nitrogens with one attached hydrogen (secondary N) is 1. The number of rotatable bonds is 7. The standard InChI is InChI=1S/C10H17N3O4S/c1-3-13-6-9(11-7-13)18(16,17)12-8(2)4-5-10(14)15/h6-8,12H,3-5H2,1-2H3,(H,14,15). The van der Waals surface area contributed by atoms with Crippen LogP contribution in [0.3, 0.4) is 0 Å². The average Bonchev–Trinajstić information content (AvgIpc) is 2.75. The van der Waals surface area contributed by atoms with Gasteiger partial charge in [-0.15, -0.1) is 0 Å². The minimum absolute atomic E-state index is 0.0495. The Hall–Kier alpha value is -1.41. The number of nitrogens with zero attached hydrogens (tertiary/aromatic N) is 2. The molecule has 1 rings (SSSR count). The van der Waals surface area contributed by atoms with E-state index >= 15 is 0 Å². The summed E-state index contributed by atoms with van der Waals surface area (Å²) in [6, 6.07) is -0.446. The fourth-order valence-corrected chi connectivity index (χ4v) is 2.60. The van der Waals surface area contributed by atoms with Gasteiger partial charge in [0.2, 0.25) is 0 Å². The van der Waals surface area contributed by atoms with Crippen LogP contribution in [0.5, 0.6) is 0 Å². The molecule has 18 heavy (non-hydrogen) atoms. The smallest absolute Gasteiger partial charge is 0.303 e. The van der Waals surface area contributed by atoms with Crippen LogP contribution in [0, 0.1) is 0 Å². The summed E-state index contributed by atoms with van der Waals surface area (Å²) >= 11 is 0. The summed E-state index contributed by atoms with van der Waals surface area (Å²) in [6.07, 6.45) is 3.04. The molecule has 0 spiro atoms. The van der Waals surface area contributed by atoms with Crippen molar-refractivity contribution in [2.45, 2.75) is 44.3 Å². The van der Waals surface area contributed by atoms with Crippen molar-refractivity contribution in [1.82, 2.24) is 14.3 Å². The lowest BCUT2D eigenvalue weighted by Gasteiger charge is -2.11. The maximum Gasteiger partial charge on any atom is 0.303 e. The van der Waals surface area contributed by atoms with Crippen molar-refractivity contribution in [1.29, 1.82) is 0 Å². The highest BCUT2D eigenvalue weighted by molar-refractivity contribution is 7.89. The van der Waals surface area contributed by atoms with Gasteiger partial charge in [-0.2, -0.15) is 0 Å². The molecule has 0 aromatic carbocycles. The molecule has 8 heteroatoms. The van der Waals surface area contributed by atoms with Gasteiger partial charge in [0.15, 0.2) is 5.03 Å². The van der Waals surface area contributed by atoms with Crippen molar-refractivity contribution >= 4 is 16.0 Å². The summed E-state index contributed by atoms with van der Waals surface area (Å²) < 4.78 is 27.8. The second kappa shape index (κ2) is 5.96. The summed E-state index contributed by atoms with van der Waals surface area (Å²) in [6.45, 7) is 4.13. The number of hydrogen-bond donors (Lipinski definition) is 2. The van der Waals surface area contributed by atoms with E-state index in [-0.39, 0.29) is 17.9 Å². The van der Waals surface area contributed by atoms with Gasteiger partial charge in [-0.1, -0.05) is 0 Å². The van der Waals surface area contributed by atoms with Gasteiger partial charge in [0.05, 0.1) is 6.33 Å². The van der Waals surface area contributed by atoms with Gasteiger partial charge in [0, 0.05) is 25.2 Å². The van der Waals surface area contributed by atoms with Gasteiger partial charge < -0.3 is 9.67 Å². The van der Waals surface area contributed by atoms with Gasteiger partial charge >= 0.3 is 5.97 Å². The molecule has 7 nitrogen and oxygen atoms in total. The molecule has 0 radical (unpaired) electrons. The Balaban J connectivity index is 2.66. The van der Waals surface area contributed by atoms with Crippen LogP contribution in [-0.4, -0.2) is 35.1 Å². The number of carboxylic acid groups (broad SMARTS) is 1. The lowest BCUT2D eigenvalue weighted by molar-refractivity contribution is -0.137. The van der Waals surface area contributed by atoms with E-state index in [4.69, 9.17) is 5.11 Å². The summed E-state index contributed by atoms with van der Waals surface area (Å²) in [7, 11) is -3.67. The van der Waals surface area contributed by atoms with Crippen molar-refractivity contribution in [3.8, 4) is 0 Å². The molecular formula is C10H17N3O4S. The Morgan fingerprint density at radius 2 is 2.28 bits per heavy atom. The zero-order valence-electron chi connectivity index (χ0n) is 10.3. The lowest BCUT2D eigenvalue weighted by atomic mass is 10.2. The van der Waals surface area contributed by atoms with Crippen molar-refractivity contribution in [3.63, 3.8) is 0 Å². The van der Waals surface area contributed by atoms with E-state index < -0.39 is 22.0 Å². The van der Waals surface area contributed by atoms with Crippen molar-refractivity contribution < 1.29 is 18.3 Å². The Bertz CT molecular complexity index is 509. The van der Waals surface area contributed by atoms with Crippen LogP contribution in [0.25, 0.3) is 0 Å². The molecule has 0 saturated heterocycles. The maximum atomic E-state index is 11.9. The second-order valence-electron chi connectivity index (χ2n) is 4.00. The SMILES string of the molecule is CCn1cnc(S(=O)(=O)NC(C)CCC(=O)O)c1. The summed E-state index contributed by atoms with van der Waals surface area (Å²) in [5.41, 5.74) is 0. The van der Waals surface area contributed by atoms with Crippen LogP contribution in [0.15, 0.2) is 17.6 Å². The molecule has 1 atom stereocenters. The van der Waals surface area contributed by atoms with E-state index in [0.29, 0.717) is 6.54 Å². The normalized spacial score (nSPS) is 13.4. The number of aryl methyl sites for hydroxylation is 1.